The lowest BCUT2D eigenvalue weighted by atomic mass is 10.3. The summed E-state index contributed by atoms with van der Waals surface area (Å²) < 4.78 is 2.36. The zero-order chi connectivity index (χ0) is 17.1. The van der Waals surface area contributed by atoms with Gasteiger partial charge in [-0.25, -0.2) is 4.98 Å². The Morgan fingerprint density at radius 2 is 2.17 bits per heavy atom. The van der Waals surface area contributed by atoms with E-state index >= 15 is 0 Å². The molecule has 0 unspecified atom stereocenters. The van der Waals surface area contributed by atoms with Gasteiger partial charge in [-0.1, -0.05) is 23.7 Å². The molecular weight excluding hydrogens is 342 g/mol. The Balaban J connectivity index is 1.86. The summed E-state index contributed by atoms with van der Waals surface area (Å²) in [5, 5.41) is 0. The molecule has 0 spiro atoms. The third kappa shape index (κ3) is 3.93. The number of rotatable bonds is 6. The number of hydrogen-bond acceptors (Lipinski definition) is 4. The van der Waals surface area contributed by atoms with Crippen molar-refractivity contribution in [3.63, 3.8) is 0 Å². The van der Waals surface area contributed by atoms with Crippen LogP contribution in [0.3, 0.4) is 0 Å². The standard InChI is InChI=1S/C18H18ClN3OS/c1-3-8-21(12-15-5-6-16(19)24-15)11-14-9-18(23)22-10-13(2)4-7-17(22)20-14/h3-7,9-10H,1,8,11-12H2,2H3. The number of aryl methyl sites for hydroxylation is 1. The van der Waals surface area contributed by atoms with Crippen molar-refractivity contribution in [3.8, 4) is 0 Å². The van der Waals surface area contributed by atoms with Crippen molar-refractivity contribution >= 4 is 28.6 Å². The minimum atomic E-state index is -0.0589. The van der Waals surface area contributed by atoms with E-state index in [4.69, 9.17) is 11.6 Å². The first-order valence-electron chi connectivity index (χ1n) is 7.61. The van der Waals surface area contributed by atoms with Gasteiger partial charge in [0.05, 0.1) is 10.0 Å². The van der Waals surface area contributed by atoms with Crippen molar-refractivity contribution in [2.45, 2.75) is 20.0 Å². The maximum atomic E-state index is 12.3. The van der Waals surface area contributed by atoms with E-state index in [0.717, 1.165) is 22.1 Å². The van der Waals surface area contributed by atoms with Gasteiger partial charge in [0.25, 0.3) is 5.56 Å². The molecule has 0 saturated heterocycles. The maximum Gasteiger partial charge on any atom is 0.258 e. The first kappa shape index (κ1) is 16.9. The predicted molar refractivity (Wildman–Crippen MR) is 99.8 cm³/mol. The van der Waals surface area contributed by atoms with Crippen molar-refractivity contribution < 1.29 is 0 Å². The highest BCUT2D eigenvalue weighted by Crippen LogP contribution is 2.23. The van der Waals surface area contributed by atoms with Crippen LogP contribution < -0.4 is 5.56 Å². The minimum Gasteiger partial charge on any atom is -0.289 e. The second-order valence-corrected chi connectivity index (χ2v) is 7.48. The number of aromatic nitrogens is 2. The van der Waals surface area contributed by atoms with Gasteiger partial charge in [-0.2, -0.15) is 0 Å². The normalized spacial score (nSPS) is 11.3. The highest BCUT2D eigenvalue weighted by Gasteiger charge is 2.10. The Labute approximate surface area is 149 Å². The van der Waals surface area contributed by atoms with Gasteiger partial charge in [-0.05, 0) is 30.7 Å². The van der Waals surface area contributed by atoms with Crippen molar-refractivity contribution in [3.05, 3.63) is 80.0 Å². The molecule has 0 saturated carbocycles. The predicted octanol–water partition coefficient (Wildman–Crippen LogP) is 3.91. The average molecular weight is 360 g/mol. The third-order valence-corrected chi connectivity index (χ3v) is 4.86. The second-order valence-electron chi connectivity index (χ2n) is 5.68. The summed E-state index contributed by atoms with van der Waals surface area (Å²) in [6.07, 6.45) is 3.66. The van der Waals surface area contributed by atoms with Crippen LogP contribution in [0.15, 0.2) is 54.0 Å². The van der Waals surface area contributed by atoms with E-state index in [1.54, 1.807) is 21.8 Å². The van der Waals surface area contributed by atoms with Crippen molar-refractivity contribution in [2.75, 3.05) is 6.54 Å². The van der Waals surface area contributed by atoms with Crippen LogP contribution in [0.1, 0.15) is 16.1 Å². The Kier molecular flexibility index (Phi) is 5.14. The van der Waals surface area contributed by atoms with Crippen molar-refractivity contribution in [1.29, 1.82) is 0 Å². The molecule has 0 amide bonds. The van der Waals surface area contributed by atoms with Crippen LogP contribution in [-0.2, 0) is 13.1 Å². The minimum absolute atomic E-state index is 0.0589. The molecule has 0 fully saturated rings. The summed E-state index contributed by atoms with van der Waals surface area (Å²) in [5.41, 5.74) is 2.40. The fraction of sp³-hybridized carbons (Fsp3) is 0.222. The first-order chi connectivity index (χ1) is 11.5. The second kappa shape index (κ2) is 7.30. The monoisotopic (exact) mass is 359 g/mol. The largest absolute Gasteiger partial charge is 0.289 e. The lowest BCUT2D eigenvalue weighted by molar-refractivity contribution is 0.285. The molecule has 24 heavy (non-hydrogen) atoms. The molecule has 0 aliphatic carbocycles. The number of halogens is 1. The molecule has 0 aliphatic heterocycles. The van der Waals surface area contributed by atoms with E-state index in [9.17, 15) is 4.79 Å². The smallest absolute Gasteiger partial charge is 0.258 e. The molecule has 0 aliphatic rings. The molecule has 0 bridgehead atoms. The molecule has 3 aromatic heterocycles. The molecule has 0 atom stereocenters. The van der Waals surface area contributed by atoms with Gasteiger partial charge >= 0.3 is 0 Å². The molecule has 6 heteroatoms. The Bertz CT molecular complexity index is 931. The molecule has 3 rings (SSSR count). The highest BCUT2D eigenvalue weighted by atomic mass is 35.5. The van der Waals surface area contributed by atoms with Crippen LogP contribution in [0.2, 0.25) is 4.34 Å². The molecule has 4 nitrogen and oxygen atoms in total. The van der Waals surface area contributed by atoms with Gasteiger partial charge in [-0.3, -0.25) is 14.1 Å². The van der Waals surface area contributed by atoms with Crippen molar-refractivity contribution in [1.82, 2.24) is 14.3 Å². The molecule has 3 aromatic rings. The fourth-order valence-corrected chi connectivity index (χ4v) is 3.72. The summed E-state index contributed by atoms with van der Waals surface area (Å²) in [4.78, 5) is 20.3. The molecule has 124 valence electrons. The van der Waals surface area contributed by atoms with Crippen LogP contribution in [0.5, 0.6) is 0 Å². The van der Waals surface area contributed by atoms with E-state index in [1.165, 1.54) is 4.88 Å². The van der Waals surface area contributed by atoms with Crippen molar-refractivity contribution in [2.24, 2.45) is 0 Å². The quantitative estimate of drug-likeness (QED) is 0.626. The summed E-state index contributed by atoms with van der Waals surface area (Å²) in [7, 11) is 0. The van der Waals surface area contributed by atoms with E-state index in [1.807, 2.05) is 43.5 Å². The summed E-state index contributed by atoms with van der Waals surface area (Å²) in [5.74, 6) is 0. The van der Waals surface area contributed by atoms with Gasteiger partial charge in [0, 0.05) is 36.8 Å². The Morgan fingerprint density at radius 3 is 2.88 bits per heavy atom. The molecule has 3 heterocycles. The zero-order valence-electron chi connectivity index (χ0n) is 13.4. The van der Waals surface area contributed by atoms with Crippen LogP contribution in [0, 0.1) is 6.92 Å². The number of fused-ring (bicyclic) bond motifs is 1. The first-order valence-corrected chi connectivity index (χ1v) is 8.81. The summed E-state index contributed by atoms with van der Waals surface area (Å²) >= 11 is 7.57. The Hall–Kier alpha value is -1.95. The maximum absolute atomic E-state index is 12.3. The number of nitrogens with zero attached hydrogens (tertiary/aromatic N) is 3. The van der Waals surface area contributed by atoms with E-state index in [2.05, 4.69) is 16.5 Å². The van der Waals surface area contributed by atoms with Crippen LogP contribution in [0.25, 0.3) is 5.65 Å². The third-order valence-electron chi connectivity index (χ3n) is 3.64. The van der Waals surface area contributed by atoms with Crippen LogP contribution in [0.4, 0.5) is 0 Å². The average Bonchev–Trinajstić information content (AvgIpc) is 2.93. The topological polar surface area (TPSA) is 37.6 Å². The van der Waals surface area contributed by atoms with Crippen LogP contribution in [-0.4, -0.2) is 20.8 Å². The summed E-state index contributed by atoms with van der Waals surface area (Å²) in [6.45, 7) is 7.82. The van der Waals surface area contributed by atoms with Gasteiger partial charge in [0.2, 0.25) is 0 Å². The van der Waals surface area contributed by atoms with E-state index in [0.29, 0.717) is 18.7 Å². The lowest BCUT2D eigenvalue weighted by Gasteiger charge is -2.19. The fourth-order valence-electron chi connectivity index (χ4n) is 2.59. The highest BCUT2D eigenvalue weighted by molar-refractivity contribution is 7.16. The van der Waals surface area contributed by atoms with Crippen LogP contribution >= 0.6 is 22.9 Å². The van der Waals surface area contributed by atoms with E-state index in [-0.39, 0.29) is 5.56 Å². The summed E-state index contributed by atoms with van der Waals surface area (Å²) in [6, 6.07) is 9.35. The number of pyridine rings is 1. The van der Waals surface area contributed by atoms with Gasteiger partial charge in [0.15, 0.2) is 0 Å². The van der Waals surface area contributed by atoms with Gasteiger partial charge in [0.1, 0.15) is 5.65 Å². The van der Waals surface area contributed by atoms with E-state index < -0.39 is 0 Å². The van der Waals surface area contributed by atoms with Gasteiger partial charge in [-0.15, -0.1) is 17.9 Å². The zero-order valence-corrected chi connectivity index (χ0v) is 15.0. The molecule has 0 radical (unpaired) electrons. The number of hydrogen-bond donors (Lipinski definition) is 0. The van der Waals surface area contributed by atoms with Gasteiger partial charge < -0.3 is 0 Å². The number of thiophene rings is 1. The lowest BCUT2D eigenvalue weighted by Crippen LogP contribution is -2.25. The molecule has 0 N–H and O–H groups in total. The SMILES string of the molecule is C=CCN(Cc1cc(=O)n2cc(C)ccc2n1)Cc1ccc(Cl)s1. The molecule has 0 aromatic carbocycles. The Morgan fingerprint density at radius 1 is 1.33 bits per heavy atom. The molecular formula is C18H18ClN3OS.